The van der Waals surface area contributed by atoms with Crippen LogP contribution >= 0.6 is 0 Å². The van der Waals surface area contributed by atoms with Crippen LogP contribution in [0.25, 0.3) is 6.08 Å². The summed E-state index contributed by atoms with van der Waals surface area (Å²) in [6, 6.07) is 9.69. The molecule has 0 saturated heterocycles. The van der Waals surface area contributed by atoms with E-state index in [1.165, 1.54) is 6.08 Å². The van der Waals surface area contributed by atoms with Gasteiger partial charge in [0.1, 0.15) is 5.54 Å². The molecule has 0 unspecified atom stereocenters. The first-order valence-electron chi connectivity index (χ1n) is 8.43. The van der Waals surface area contributed by atoms with Crippen molar-refractivity contribution in [1.82, 2.24) is 10.6 Å². The summed E-state index contributed by atoms with van der Waals surface area (Å²) in [5.74, 6) is -0.308. The van der Waals surface area contributed by atoms with Gasteiger partial charge in [-0.3, -0.25) is 9.59 Å². The molecule has 2 aliphatic rings. The summed E-state index contributed by atoms with van der Waals surface area (Å²) in [6.07, 6.45) is 8.64. The Labute approximate surface area is 141 Å². The van der Waals surface area contributed by atoms with Crippen LogP contribution in [0.2, 0.25) is 0 Å². The minimum Gasteiger partial charge on any atom is -0.349 e. The molecule has 0 radical (unpaired) electrons. The molecule has 24 heavy (non-hydrogen) atoms. The third-order valence-electron chi connectivity index (χ3n) is 4.55. The number of nitrogens with zero attached hydrogens (tertiary/aromatic N) is 1. The number of nitriles is 1. The van der Waals surface area contributed by atoms with E-state index in [1.807, 2.05) is 0 Å². The lowest BCUT2D eigenvalue weighted by Crippen LogP contribution is -2.44. The van der Waals surface area contributed by atoms with Gasteiger partial charge in [-0.1, -0.05) is 12.1 Å². The number of nitrogens with one attached hydrogen (secondary N) is 2. The molecule has 2 N–H and O–H groups in total. The van der Waals surface area contributed by atoms with E-state index in [9.17, 15) is 14.9 Å². The Bertz CT molecular complexity index is 690. The average Bonchev–Trinajstić information content (AvgIpc) is 3.29. The lowest BCUT2D eigenvalue weighted by molar-refractivity contribution is -0.117. The topological polar surface area (TPSA) is 82.0 Å². The fourth-order valence-electron chi connectivity index (χ4n) is 2.93. The lowest BCUT2D eigenvalue weighted by atomic mass is 10.00. The van der Waals surface area contributed by atoms with Gasteiger partial charge in [-0.25, -0.2) is 0 Å². The molecular formula is C19H21N3O2. The highest BCUT2D eigenvalue weighted by Crippen LogP contribution is 2.28. The molecule has 124 valence electrons. The molecule has 0 aliphatic heterocycles. The van der Waals surface area contributed by atoms with Crippen LogP contribution in [0.3, 0.4) is 0 Å². The summed E-state index contributed by atoms with van der Waals surface area (Å²) >= 11 is 0. The zero-order valence-electron chi connectivity index (χ0n) is 13.5. The van der Waals surface area contributed by atoms with E-state index in [0.29, 0.717) is 24.4 Å². The van der Waals surface area contributed by atoms with Crippen molar-refractivity contribution in [3.63, 3.8) is 0 Å². The summed E-state index contributed by atoms with van der Waals surface area (Å²) < 4.78 is 0. The number of benzene rings is 1. The van der Waals surface area contributed by atoms with Crippen molar-refractivity contribution < 1.29 is 9.59 Å². The maximum Gasteiger partial charge on any atom is 0.251 e. The minimum absolute atomic E-state index is 0.0528. The molecule has 2 amide bonds. The molecule has 0 heterocycles. The molecule has 1 aromatic carbocycles. The summed E-state index contributed by atoms with van der Waals surface area (Å²) in [5.41, 5.74) is 0.759. The maximum absolute atomic E-state index is 12.0. The molecule has 2 saturated carbocycles. The standard InChI is InChI=1S/C19H21N3O2/c20-13-19(11-1-2-12-19)22-17(23)10-5-14-3-6-15(7-4-14)18(24)21-16-8-9-16/h3-7,10,16H,1-2,8-9,11-12H2,(H,21,24)(H,22,23)/b10-5+. The predicted octanol–water partition coefficient (Wildman–Crippen LogP) is 2.54. The number of carbonyl (C=O) groups is 2. The fourth-order valence-corrected chi connectivity index (χ4v) is 2.93. The summed E-state index contributed by atoms with van der Waals surface area (Å²) in [6.45, 7) is 0. The molecule has 0 atom stereocenters. The second kappa shape index (κ2) is 6.88. The first-order chi connectivity index (χ1) is 11.6. The van der Waals surface area contributed by atoms with Crippen LogP contribution < -0.4 is 10.6 Å². The molecule has 3 rings (SSSR count). The maximum atomic E-state index is 12.0. The van der Waals surface area contributed by atoms with Crippen molar-refractivity contribution in [2.75, 3.05) is 0 Å². The van der Waals surface area contributed by atoms with E-state index in [0.717, 1.165) is 31.2 Å². The highest BCUT2D eigenvalue weighted by molar-refractivity contribution is 5.95. The molecule has 5 heteroatoms. The van der Waals surface area contributed by atoms with E-state index in [1.54, 1.807) is 30.3 Å². The quantitative estimate of drug-likeness (QED) is 0.817. The lowest BCUT2D eigenvalue weighted by Gasteiger charge is -2.20. The van der Waals surface area contributed by atoms with Crippen LogP contribution in [0.1, 0.15) is 54.4 Å². The van der Waals surface area contributed by atoms with Gasteiger partial charge in [0.15, 0.2) is 0 Å². The number of hydrogen-bond acceptors (Lipinski definition) is 3. The Hall–Kier alpha value is -2.61. The zero-order chi connectivity index (χ0) is 17.0. The summed E-state index contributed by atoms with van der Waals surface area (Å²) in [5, 5.41) is 15.0. The van der Waals surface area contributed by atoms with Crippen LogP contribution in [-0.4, -0.2) is 23.4 Å². The first kappa shape index (κ1) is 16.3. The van der Waals surface area contributed by atoms with Crippen molar-refractivity contribution in [2.45, 2.75) is 50.1 Å². The largest absolute Gasteiger partial charge is 0.349 e. The van der Waals surface area contributed by atoms with Crippen molar-refractivity contribution in [3.8, 4) is 6.07 Å². The van der Waals surface area contributed by atoms with E-state index < -0.39 is 5.54 Å². The van der Waals surface area contributed by atoms with Crippen molar-refractivity contribution in [2.24, 2.45) is 0 Å². The molecule has 2 aliphatic carbocycles. The summed E-state index contributed by atoms with van der Waals surface area (Å²) in [7, 11) is 0. The van der Waals surface area contributed by atoms with Gasteiger partial charge in [0.05, 0.1) is 6.07 Å². The third kappa shape index (κ3) is 4.02. The second-order valence-electron chi connectivity index (χ2n) is 6.59. The van der Waals surface area contributed by atoms with Gasteiger partial charge in [-0.15, -0.1) is 0 Å². The molecule has 2 fully saturated rings. The van der Waals surface area contributed by atoms with Crippen molar-refractivity contribution >= 4 is 17.9 Å². The monoisotopic (exact) mass is 323 g/mol. The van der Waals surface area contributed by atoms with Gasteiger partial charge >= 0.3 is 0 Å². The van der Waals surface area contributed by atoms with E-state index >= 15 is 0 Å². The Balaban J connectivity index is 1.56. The summed E-state index contributed by atoms with van der Waals surface area (Å²) in [4.78, 5) is 23.9. The normalized spacial score (nSPS) is 19.0. The van der Waals surface area contributed by atoms with Crippen LogP contribution in [0.15, 0.2) is 30.3 Å². The highest BCUT2D eigenvalue weighted by Gasteiger charge is 2.34. The minimum atomic E-state index is -0.702. The number of amides is 2. The average molecular weight is 323 g/mol. The molecular weight excluding hydrogens is 302 g/mol. The highest BCUT2D eigenvalue weighted by atomic mass is 16.2. The van der Waals surface area contributed by atoms with Crippen LogP contribution in [0.5, 0.6) is 0 Å². The Kier molecular flexibility index (Phi) is 4.66. The van der Waals surface area contributed by atoms with Crippen molar-refractivity contribution in [1.29, 1.82) is 5.26 Å². The van der Waals surface area contributed by atoms with Gasteiger partial charge in [-0.2, -0.15) is 5.26 Å². The van der Waals surface area contributed by atoms with Gasteiger partial charge < -0.3 is 10.6 Å². The smallest absolute Gasteiger partial charge is 0.251 e. The van der Waals surface area contributed by atoms with Gasteiger partial charge in [0.2, 0.25) is 5.91 Å². The van der Waals surface area contributed by atoms with Crippen molar-refractivity contribution in [3.05, 3.63) is 41.5 Å². The van der Waals surface area contributed by atoms with E-state index in [4.69, 9.17) is 0 Å². The van der Waals surface area contributed by atoms with E-state index in [2.05, 4.69) is 16.7 Å². The molecule has 5 nitrogen and oxygen atoms in total. The van der Waals surface area contributed by atoms with Crippen LogP contribution in [0, 0.1) is 11.3 Å². The van der Waals surface area contributed by atoms with Gasteiger partial charge in [-0.05, 0) is 62.3 Å². The van der Waals surface area contributed by atoms with Gasteiger partial charge in [0, 0.05) is 17.7 Å². The number of hydrogen-bond donors (Lipinski definition) is 2. The molecule has 1 aromatic rings. The molecule has 0 spiro atoms. The Morgan fingerprint density at radius 3 is 2.42 bits per heavy atom. The predicted molar refractivity (Wildman–Crippen MR) is 90.9 cm³/mol. The number of carbonyl (C=O) groups excluding carboxylic acids is 2. The third-order valence-corrected chi connectivity index (χ3v) is 4.55. The Morgan fingerprint density at radius 1 is 1.17 bits per heavy atom. The first-order valence-corrected chi connectivity index (χ1v) is 8.43. The molecule has 0 bridgehead atoms. The van der Waals surface area contributed by atoms with Crippen LogP contribution in [0.4, 0.5) is 0 Å². The SMILES string of the molecule is N#CC1(NC(=O)/C=C/c2ccc(C(=O)NC3CC3)cc2)CCCC1. The zero-order valence-corrected chi connectivity index (χ0v) is 13.5. The van der Waals surface area contributed by atoms with E-state index in [-0.39, 0.29) is 11.8 Å². The fraction of sp³-hybridized carbons (Fsp3) is 0.421. The Morgan fingerprint density at radius 2 is 1.83 bits per heavy atom. The van der Waals surface area contributed by atoms with Crippen LogP contribution in [-0.2, 0) is 4.79 Å². The second-order valence-corrected chi connectivity index (χ2v) is 6.59. The molecule has 0 aromatic heterocycles. The number of rotatable bonds is 5. The van der Waals surface area contributed by atoms with Gasteiger partial charge in [0.25, 0.3) is 5.91 Å².